The van der Waals surface area contributed by atoms with Crippen molar-refractivity contribution < 1.29 is 18.1 Å². The Morgan fingerprint density at radius 3 is 1.76 bits per heavy atom. The molecule has 25 heavy (non-hydrogen) atoms. The summed E-state index contributed by atoms with van der Waals surface area (Å²) in [5.74, 6) is 2.12. The Labute approximate surface area is 150 Å². The lowest BCUT2D eigenvalue weighted by Crippen LogP contribution is -2.08. The molecule has 0 saturated heterocycles. The first-order valence-electron chi connectivity index (χ1n) is 8.72. The summed E-state index contributed by atoms with van der Waals surface area (Å²) in [6.07, 6.45) is 1.81. The van der Waals surface area contributed by atoms with Crippen molar-refractivity contribution in [1.29, 1.82) is 0 Å². The molecule has 0 bridgehead atoms. The number of phosphoric ester groups is 1. The number of para-hydroxylation sites is 2. The first kappa shape index (κ1) is 19.6. The van der Waals surface area contributed by atoms with Gasteiger partial charge in [0.1, 0.15) is 11.5 Å². The zero-order valence-corrected chi connectivity index (χ0v) is 16.0. The van der Waals surface area contributed by atoms with Gasteiger partial charge in [0.05, 0.1) is 6.61 Å². The molecule has 0 aliphatic carbocycles. The average molecular weight is 362 g/mol. The Hall–Kier alpha value is -1.77. The van der Waals surface area contributed by atoms with Crippen molar-refractivity contribution in [3.63, 3.8) is 0 Å². The zero-order valence-electron chi connectivity index (χ0n) is 15.1. The molecule has 0 aliphatic heterocycles. The summed E-state index contributed by atoms with van der Waals surface area (Å²) in [4.78, 5) is 0. The van der Waals surface area contributed by atoms with E-state index in [2.05, 4.69) is 20.8 Å². The van der Waals surface area contributed by atoms with Gasteiger partial charge >= 0.3 is 7.82 Å². The molecule has 0 aromatic heterocycles. The second-order valence-electron chi connectivity index (χ2n) is 6.45. The molecule has 5 heteroatoms. The lowest BCUT2D eigenvalue weighted by atomic mass is 9.94. The van der Waals surface area contributed by atoms with Crippen molar-refractivity contribution in [3.05, 3.63) is 60.7 Å². The van der Waals surface area contributed by atoms with Gasteiger partial charge in [-0.1, -0.05) is 57.2 Å². The molecule has 0 spiro atoms. The zero-order chi connectivity index (χ0) is 18.1. The van der Waals surface area contributed by atoms with E-state index in [0.29, 0.717) is 29.9 Å². The summed E-state index contributed by atoms with van der Waals surface area (Å²) < 4.78 is 29.8. The highest BCUT2D eigenvalue weighted by Crippen LogP contribution is 2.49. The Balaban J connectivity index is 2.00. The molecule has 0 saturated carbocycles. The van der Waals surface area contributed by atoms with Crippen LogP contribution in [0.25, 0.3) is 0 Å². The van der Waals surface area contributed by atoms with Crippen LogP contribution in [0.4, 0.5) is 0 Å². The van der Waals surface area contributed by atoms with Crippen LogP contribution in [-0.2, 0) is 9.09 Å². The summed E-state index contributed by atoms with van der Waals surface area (Å²) in [5, 5.41) is 0. The van der Waals surface area contributed by atoms with E-state index in [1.165, 1.54) is 0 Å². The first-order valence-corrected chi connectivity index (χ1v) is 10.2. The molecule has 2 aromatic rings. The standard InChI is InChI=1S/C20H27O4P/c1-17(2)18(3)11-10-16-22-25(21,23-19-12-6-4-7-13-19)24-20-14-8-5-9-15-20/h4-9,12-15,17-18H,10-11,16H2,1-3H3. The van der Waals surface area contributed by atoms with Gasteiger partial charge in [0.15, 0.2) is 0 Å². The maximum Gasteiger partial charge on any atom is 0.587 e. The number of phosphoric acid groups is 1. The third kappa shape index (κ3) is 6.93. The molecule has 0 fully saturated rings. The van der Waals surface area contributed by atoms with Crippen LogP contribution in [0, 0.1) is 11.8 Å². The molecule has 136 valence electrons. The first-order chi connectivity index (χ1) is 12.0. The Morgan fingerprint density at radius 1 is 0.840 bits per heavy atom. The second kappa shape index (κ2) is 9.65. The third-order valence-electron chi connectivity index (χ3n) is 4.11. The van der Waals surface area contributed by atoms with Gasteiger partial charge in [-0.3, -0.25) is 4.52 Å². The minimum atomic E-state index is -3.75. The fraction of sp³-hybridized carbons (Fsp3) is 0.400. The van der Waals surface area contributed by atoms with E-state index in [1.54, 1.807) is 24.3 Å². The topological polar surface area (TPSA) is 44.8 Å². The molecule has 0 radical (unpaired) electrons. The van der Waals surface area contributed by atoms with Crippen LogP contribution in [0.1, 0.15) is 33.6 Å². The summed E-state index contributed by atoms with van der Waals surface area (Å²) in [5.41, 5.74) is 0. The molecular formula is C20H27O4P. The average Bonchev–Trinajstić information content (AvgIpc) is 2.60. The van der Waals surface area contributed by atoms with Gasteiger partial charge in [0.2, 0.25) is 0 Å². The predicted octanol–water partition coefficient (Wildman–Crippen LogP) is 6.34. The van der Waals surface area contributed by atoms with E-state index in [0.717, 1.165) is 12.8 Å². The number of benzene rings is 2. The van der Waals surface area contributed by atoms with Crippen LogP contribution in [0.2, 0.25) is 0 Å². The van der Waals surface area contributed by atoms with E-state index in [1.807, 2.05) is 36.4 Å². The minimum Gasteiger partial charge on any atom is -0.395 e. The molecule has 2 aromatic carbocycles. The van der Waals surface area contributed by atoms with Crippen LogP contribution in [0.15, 0.2) is 60.7 Å². The molecule has 0 aliphatic rings. The fourth-order valence-electron chi connectivity index (χ4n) is 2.21. The maximum atomic E-state index is 13.1. The highest BCUT2D eigenvalue weighted by molar-refractivity contribution is 7.49. The minimum absolute atomic E-state index is 0.327. The lowest BCUT2D eigenvalue weighted by Gasteiger charge is -2.20. The normalized spacial score (nSPS) is 12.8. The largest absolute Gasteiger partial charge is 0.587 e. The Bertz CT molecular complexity index is 612. The maximum absolute atomic E-state index is 13.1. The summed E-state index contributed by atoms with van der Waals surface area (Å²) in [6, 6.07) is 17.9. The van der Waals surface area contributed by atoms with Gasteiger partial charge in [-0.25, -0.2) is 4.57 Å². The van der Waals surface area contributed by atoms with E-state index >= 15 is 0 Å². The number of rotatable bonds is 10. The van der Waals surface area contributed by atoms with Gasteiger partial charge in [0.25, 0.3) is 0 Å². The van der Waals surface area contributed by atoms with Gasteiger partial charge in [0, 0.05) is 0 Å². The van der Waals surface area contributed by atoms with Crippen molar-refractivity contribution in [3.8, 4) is 11.5 Å². The van der Waals surface area contributed by atoms with Crippen LogP contribution < -0.4 is 9.05 Å². The van der Waals surface area contributed by atoms with Crippen molar-refractivity contribution >= 4 is 7.82 Å². The Morgan fingerprint density at radius 2 is 1.32 bits per heavy atom. The summed E-state index contributed by atoms with van der Waals surface area (Å²) in [6.45, 7) is 6.94. The Kier molecular flexibility index (Phi) is 7.54. The van der Waals surface area contributed by atoms with Gasteiger partial charge in [-0.15, -0.1) is 0 Å². The van der Waals surface area contributed by atoms with Crippen LogP contribution in [0.5, 0.6) is 11.5 Å². The molecule has 1 atom stereocenters. The predicted molar refractivity (Wildman–Crippen MR) is 101 cm³/mol. The van der Waals surface area contributed by atoms with Crippen LogP contribution >= 0.6 is 7.82 Å². The molecule has 0 amide bonds. The molecule has 1 unspecified atom stereocenters. The molecular weight excluding hydrogens is 335 g/mol. The molecule has 0 N–H and O–H groups in total. The van der Waals surface area contributed by atoms with Crippen molar-refractivity contribution in [2.45, 2.75) is 33.6 Å². The number of hydrogen-bond acceptors (Lipinski definition) is 4. The molecule has 4 nitrogen and oxygen atoms in total. The molecule has 2 rings (SSSR count). The molecule has 0 heterocycles. The summed E-state index contributed by atoms with van der Waals surface area (Å²) >= 11 is 0. The lowest BCUT2D eigenvalue weighted by molar-refractivity contribution is 0.199. The quantitative estimate of drug-likeness (QED) is 0.365. The van der Waals surface area contributed by atoms with Crippen LogP contribution in [0.3, 0.4) is 0 Å². The van der Waals surface area contributed by atoms with E-state index in [-0.39, 0.29) is 0 Å². The second-order valence-corrected chi connectivity index (χ2v) is 7.97. The van der Waals surface area contributed by atoms with Crippen molar-refractivity contribution in [1.82, 2.24) is 0 Å². The van der Waals surface area contributed by atoms with E-state index < -0.39 is 7.82 Å². The third-order valence-corrected chi connectivity index (χ3v) is 5.48. The SMILES string of the molecule is CC(C)C(C)CCCOP(=O)(Oc1ccccc1)Oc1ccccc1. The highest BCUT2D eigenvalue weighted by Gasteiger charge is 2.30. The number of hydrogen-bond donors (Lipinski definition) is 0. The van der Waals surface area contributed by atoms with Gasteiger partial charge < -0.3 is 9.05 Å². The fourth-order valence-corrected chi connectivity index (χ4v) is 3.46. The van der Waals surface area contributed by atoms with E-state index in [9.17, 15) is 4.57 Å². The van der Waals surface area contributed by atoms with E-state index in [4.69, 9.17) is 13.6 Å². The van der Waals surface area contributed by atoms with Crippen molar-refractivity contribution in [2.75, 3.05) is 6.61 Å². The highest BCUT2D eigenvalue weighted by atomic mass is 31.2. The van der Waals surface area contributed by atoms with Gasteiger partial charge in [-0.2, -0.15) is 0 Å². The monoisotopic (exact) mass is 362 g/mol. The van der Waals surface area contributed by atoms with Gasteiger partial charge in [-0.05, 0) is 48.9 Å². The van der Waals surface area contributed by atoms with Crippen LogP contribution in [-0.4, -0.2) is 6.61 Å². The smallest absolute Gasteiger partial charge is 0.395 e. The summed E-state index contributed by atoms with van der Waals surface area (Å²) in [7, 11) is -3.75. The van der Waals surface area contributed by atoms with Crippen molar-refractivity contribution in [2.24, 2.45) is 11.8 Å².